The van der Waals surface area contributed by atoms with Crippen molar-refractivity contribution >= 4 is 12.0 Å². The average molecular weight is 300 g/mol. The van der Waals surface area contributed by atoms with E-state index < -0.39 is 5.97 Å². The van der Waals surface area contributed by atoms with Gasteiger partial charge >= 0.3 is 12.0 Å². The topological polar surface area (TPSA) is 78.4 Å². The van der Waals surface area contributed by atoms with E-state index >= 15 is 0 Å². The second-order valence-corrected chi connectivity index (χ2v) is 7.08. The lowest BCUT2D eigenvalue weighted by atomic mass is 9.84. The molecule has 0 spiro atoms. The summed E-state index contributed by atoms with van der Waals surface area (Å²) >= 11 is 0. The fourth-order valence-corrected chi connectivity index (χ4v) is 2.02. The molecule has 0 radical (unpaired) electrons. The zero-order chi connectivity index (χ0) is 16.5. The summed E-state index contributed by atoms with van der Waals surface area (Å²) in [6.45, 7) is 11.0. The minimum Gasteiger partial charge on any atom is -0.481 e. The van der Waals surface area contributed by atoms with Gasteiger partial charge in [-0.05, 0) is 43.9 Å². The summed E-state index contributed by atoms with van der Waals surface area (Å²) in [6, 6.07) is 0.0349. The summed E-state index contributed by atoms with van der Waals surface area (Å²) in [7, 11) is 0. The Bertz CT molecular complexity index is 327. The molecule has 0 bridgehead atoms. The van der Waals surface area contributed by atoms with Crippen LogP contribution in [0.2, 0.25) is 0 Å². The highest BCUT2D eigenvalue weighted by Crippen LogP contribution is 2.25. The Morgan fingerprint density at radius 3 is 2.24 bits per heavy atom. The molecule has 0 aromatic heterocycles. The Morgan fingerprint density at radius 1 is 1.10 bits per heavy atom. The molecule has 0 aliphatic rings. The number of carboxylic acid groups (broad SMARTS) is 1. The van der Waals surface area contributed by atoms with Crippen molar-refractivity contribution in [1.29, 1.82) is 0 Å². The number of carbonyl (C=O) groups excluding carboxylic acids is 1. The predicted molar refractivity (Wildman–Crippen MR) is 85.3 cm³/mol. The van der Waals surface area contributed by atoms with Gasteiger partial charge in [0, 0.05) is 19.0 Å². The van der Waals surface area contributed by atoms with Crippen molar-refractivity contribution in [2.24, 2.45) is 11.3 Å². The first-order valence-electron chi connectivity index (χ1n) is 7.88. The molecule has 2 amide bonds. The van der Waals surface area contributed by atoms with Crippen molar-refractivity contribution in [3.63, 3.8) is 0 Å². The highest BCUT2D eigenvalue weighted by Gasteiger charge is 2.19. The maximum Gasteiger partial charge on any atom is 0.314 e. The number of carbonyl (C=O) groups is 2. The first-order chi connectivity index (χ1) is 9.62. The number of hydrogen-bond donors (Lipinski definition) is 3. The molecule has 21 heavy (non-hydrogen) atoms. The zero-order valence-electron chi connectivity index (χ0n) is 14.2. The maximum absolute atomic E-state index is 11.7. The maximum atomic E-state index is 11.7. The third-order valence-electron chi connectivity index (χ3n) is 3.66. The highest BCUT2D eigenvalue weighted by atomic mass is 16.4. The number of urea groups is 1. The van der Waals surface area contributed by atoms with E-state index in [2.05, 4.69) is 24.5 Å². The molecule has 1 atom stereocenters. The van der Waals surface area contributed by atoms with E-state index in [4.69, 9.17) is 5.11 Å². The molecule has 3 N–H and O–H groups in total. The van der Waals surface area contributed by atoms with E-state index in [0.29, 0.717) is 18.9 Å². The number of hydrogen-bond acceptors (Lipinski definition) is 2. The Morgan fingerprint density at radius 2 is 1.71 bits per heavy atom. The van der Waals surface area contributed by atoms with Crippen molar-refractivity contribution in [2.75, 3.05) is 6.54 Å². The minimum absolute atomic E-state index is 0.0745. The molecule has 5 nitrogen and oxygen atoms in total. The van der Waals surface area contributed by atoms with E-state index in [1.807, 2.05) is 20.8 Å². The lowest BCUT2D eigenvalue weighted by Gasteiger charge is -2.24. The highest BCUT2D eigenvalue weighted by molar-refractivity contribution is 5.74. The molecule has 0 aromatic carbocycles. The number of aliphatic carboxylic acids is 1. The van der Waals surface area contributed by atoms with Gasteiger partial charge in [0.25, 0.3) is 0 Å². The fraction of sp³-hybridized carbons (Fsp3) is 0.875. The van der Waals surface area contributed by atoms with E-state index in [-0.39, 0.29) is 23.9 Å². The molecule has 0 fully saturated rings. The Balaban J connectivity index is 3.85. The third-order valence-corrected chi connectivity index (χ3v) is 3.66. The Labute approximate surface area is 128 Å². The molecule has 5 heteroatoms. The fourth-order valence-electron chi connectivity index (χ4n) is 2.02. The second kappa shape index (κ2) is 9.64. The number of carboxylic acids is 1. The van der Waals surface area contributed by atoms with E-state index in [0.717, 1.165) is 19.3 Å². The summed E-state index contributed by atoms with van der Waals surface area (Å²) in [5, 5.41) is 14.5. The van der Waals surface area contributed by atoms with E-state index in [1.54, 1.807) is 0 Å². The van der Waals surface area contributed by atoms with Crippen LogP contribution in [0.15, 0.2) is 0 Å². The van der Waals surface area contributed by atoms with Gasteiger partial charge in [-0.15, -0.1) is 0 Å². The third kappa shape index (κ3) is 12.2. The van der Waals surface area contributed by atoms with Crippen molar-refractivity contribution in [3.8, 4) is 0 Å². The molecule has 0 saturated heterocycles. The quantitative estimate of drug-likeness (QED) is 0.578. The molecule has 0 heterocycles. The number of nitrogens with one attached hydrogen (secondary N) is 2. The standard InChI is InChI=1S/C16H32N2O3/c1-12(2)6-7-13(3)18-15(21)17-11-10-16(4,5)9-8-14(19)20/h12-13H,6-11H2,1-5H3,(H,19,20)(H2,17,18,21). The predicted octanol–water partition coefficient (Wildman–Crippen LogP) is 3.39. The van der Waals surface area contributed by atoms with Gasteiger partial charge in [0.2, 0.25) is 0 Å². The summed E-state index contributed by atoms with van der Waals surface area (Å²) in [5.41, 5.74) is -0.0745. The molecule has 0 aliphatic carbocycles. The van der Waals surface area contributed by atoms with Gasteiger partial charge in [0.15, 0.2) is 0 Å². The largest absolute Gasteiger partial charge is 0.481 e. The van der Waals surface area contributed by atoms with Crippen LogP contribution in [-0.2, 0) is 4.79 Å². The summed E-state index contributed by atoms with van der Waals surface area (Å²) < 4.78 is 0. The van der Waals surface area contributed by atoms with Gasteiger partial charge < -0.3 is 15.7 Å². The molecule has 0 rings (SSSR count). The van der Waals surface area contributed by atoms with Crippen LogP contribution in [0.4, 0.5) is 4.79 Å². The van der Waals surface area contributed by atoms with Crippen LogP contribution in [0.25, 0.3) is 0 Å². The van der Waals surface area contributed by atoms with Crippen molar-refractivity contribution in [3.05, 3.63) is 0 Å². The van der Waals surface area contributed by atoms with Gasteiger partial charge in [-0.25, -0.2) is 4.79 Å². The second-order valence-electron chi connectivity index (χ2n) is 7.08. The summed E-state index contributed by atoms with van der Waals surface area (Å²) in [6.07, 6.45) is 3.65. The van der Waals surface area contributed by atoms with Crippen LogP contribution in [0.3, 0.4) is 0 Å². The molecule has 124 valence electrons. The van der Waals surface area contributed by atoms with Crippen LogP contribution in [-0.4, -0.2) is 29.7 Å². The normalized spacial score (nSPS) is 13.0. The van der Waals surface area contributed by atoms with Crippen molar-refractivity contribution in [1.82, 2.24) is 10.6 Å². The molecule has 0 saturated carbocycles. The Hall–Kier alpha value is -1.26. The van der Waals surface area contributed by atoms with Gasteiger partial charge in [-0.2, -0.15) is 0 Å². The minimum atomic E-state index is -0.771. The van der Waals surface area contributed by atoms with Crippen LogP contribution >= 0.6 is 0 Å². The number of rotatable bonds is 10. The molecule has 0 aromatic rings. The number of amides is 2. The van der Waals surface area contributed by atoms with Crippen LogP contribution in [0.1, 0.15) is 66.7 Å². The van der Waals surface area contributed by atoms with Gasteiger partial charge in [0.1, 0.15) is 0 Å². The first-order valence-corrected chi connectivity index (χ1v) is 7.88. The first kappa shape index (κ1) is 19.7. The van der Waals surface area contributed by atoms with Gasteiger partial charge in [-0.1, -0.05) is 27.7 Å². The van der Waals surface area contributed by atoms with Gasteiger partial charge in [-0.3, -0.25) is 4.79 Å². The van der Waals surface area contributed by atoms with Crippen molar-refractivity contribution < 1.29 is 14.7 Å². The summed E-state index contributed by atoms with van der Waals surface area (Å²) in [5.74, 6) is -0.125. The lowest BCUT2D eigenvalue weighted by Crippen LogP contribution is -2.41. The SMILES string of the molecule is CC(C)CCC(C)NC(=O)NCCC(C)(C)CCC(=O)O. The van der Waals surface area contributed by atoms with Crippen LogP contribution in [0, 0.1) is 11.3 Å². The average Bonchev–Trinajstić information content (AvgIpc) is 2.34. The molecular formula is C16H32N2O3. The summed E-state index contributed by atoms with van der Waals surface area (Å²) in [4.78, 5) is 22.3. The molecule has 1 unspecified atom stereocenters. The van der Waals surface area contributed by atoms with Crippen LogP contribution in [0.5, 0.6) is 0 Å². The Kier molecular flexibility index (Phi) is 9.06. The smallest absolute Gasteiger partial charge is 0.314 e. The zero-order valence-corrected chi connectivity index (χ0v) is 14.2. The van der Waals surface area contributed by atoms with E-state index in [1.165, 1.54) is 0 Å². The van der Waals surface area contributed by atoms with Gasteiger partial charge in [0.05, 0.1) is 0 Å². The van der Waals surface area contributed by atoms with Crippen molar-refractivity contribution in [2.45, 2.75) is 72.8 Å². The van der Waals surface area contributed by atoms with E-state index in [9.17, 15) is 9.59 Å². The monoisotopic (exact) mass is 300 g/mol. The lowest BCUT2D eigenvalue weighted by molar-refractivity contribution is -0.137. The van der Waals surface area contributed by atoms with Crippen LogP contribution < -0.4 is 10.6 Å². The molecule has 0 aliphatic heterocycles. The molecular weight excluding hydrogens is 268 g/mol.